The van der Waals surface area contributed by atoms with Gasteiger partial charge in [0, 0.05) is 44.0 Å². The average molecular weight is 375 g/mol. The topological polar surface area (TPSA) is 57.7 Å². The normalized spacial score (nSPS) is 20.5. The molecular weight excluding hydrogens is 340 g/mol. The standard InChI is InChI=1S/C21H34N4O2/c1-24-13-7-19(8-14-24)25(15-18-5-11-22-12-6-18)20(26)23-16-21(17-27-2)9-3-4-10-21/h5-6,11-12,19H,3-4,7-10,13-17H2,1-2H3,(H,23,26). The quantitative estimate of drug-likeness (QED) is 0.797. The van der Waals surface area contributed by atoms with Crippen LogP contribution in [0.3, 0.4) is 0 Å². The highest BCUT2D eigenvalue weighted by molar-refractivity contribution is 5.74. The minimum absolute atomic E-state index is 0.0590. The van der Waals surface area contributed by atoms with E-state index in [1.54, 1.807) is 19.5 Å². The number of nitrogens with one attached hydrogen (secondary N) is 1. The summed E-state index contributed by atoms with van der Waals surface area (Å²) in [7, 11) is 3.91. The number of carbonyl (C=O) groups is 1. The van der Waals surface area contributed by atoms with Gasteiger partial charge in [-0.25, -0.2) is 4.79 Å². The molecule has 0 bridgehead atoms. The van der Waals surface area contributed by atoms with Gasteiger partial charge in [-0.1, -0.05) is 12.8 Å². The van der Waals surface area contributed by atoms with E-state index in [-0.39, 0.29) is 17.5 Å². The first-order chi connectivity index (χ1) is 13.1. The summed E-state index contributed by atoms with van der Waals surface area (Å²) in [6.07, 6.45) is 10.4. The lowest BCUT2D eigenvalue weighted by Crippen LogP contribution is -2.51. The predicted octanol–water partition coefficient (Wildman–Crippen LogP) is 2.89. The highest BCUT2D eigenvalue weighted by atomic mass is 16.5. The Labute approximate surface area is 163 Å². The van der Waals surface area contributed by atoms with Gasteiger partial charge < -0.3 is 19.9 Å². The van der Waals surface area contributed by atoms with Crippen LogP contribution >= 0.6 is 0 Å². The molecule has 2 amide bonds. The number of hydrogen-bond acceptors (Lipinski definition) is 4. The van der Waals surface area contributed by atoms with Crippen molar-refractivity contribution in [1.82, 2.24) is 20.1 Å². The Hall–Kier alpha value is -1.66. The maximum Gasteiger partial charge on any atom is 0.317 e. The molecule has 0 unspecified atom stereocenters. The van der Waals surface area contributed by atoms with Crippen LogP contribution < -0.4 is 5.32 Å². The van der Waals surface area contributed by atoms with Gasteiger partial charge in [-0.15, -0.1) is 0 Å². The summed E-state index contributed by atoms with van der Waals surface area (Å²) in [5.74, 6) is 0. The number of carbonyl (C=O) groups excluding carboxylic acids is 1. The average Bonchev–Trinajstić information content (AvgIpc) is 3.15. The Kier molecular flexibility index (Phi) is 7.07. The number of likely N-dealkylation sites (tertiary alicyclic amines) is 1. The molecule has 2 aliphatic rings. The maximum atomic E-state index is 13.2. The SMILES string of the molecule is COCC1(CNC(=O)N(Cc2ccncc2)C2CCN(C)CC2)CCCC1. The molecule has 6 heteroatoms. The number of rotatable bonds is 7. The van der Waals surface area contributed by atoms with Gasteiger partial charge in [0.1, 0.15) is 0 Å². The predicted molar refractivity (Wildman–Crippen MR) is 106 cm³/mol. The summed E-state index contributed by atoms with van der Waals surface area (Å²) >= 11 is 0. The van der Waals surface area contributed by atoms with Crippen molar-refractivity contribution >= 4 is 6.03 Å². The fraction of sp³-hybridized carbons (Fsp3) is 0.714. The molecule has 0 atom stereocenters. The fourth-order valence-corrected chi connectivity index (χ4v) is 4.53. The highest BCUT2D eigenvalue weighted by Crippen LogP contribution is 2.37. The molecule has 1 aromatic rings. The van der Waals surface area contributed by atoms with Gasteiger partial charge in [0.2, 0.25) is 0 Å². The summed E-state index contributed by atoms with van der Waals surface area (Å²) in [5, 5.41) is 3.26. The minimum atomic E-state index is 0.0590. The first-order valence-corrected chi connectivity index (χ1v) is 10.2. The summed E-state index contributed by atoms with van der Waals surface area (Å²) in [5.41, 5.74) is 1.24. The van der Waals surface area contributed by atoms with E-state index >= 15 is 0 Å². The number of aromatic nitrogens is 1. The third kappa shape index (κ3) is 5.42. The lowest BCUT2D eigenvalue weighted by Gasteiger charge is -2.38. The lowest BCUT2D eigenvalue weighted by atomic mass is 9.87. The Morgan fingerprint density at radius 1 is 1.30 bits per heavy atom. The molecule has 3 rings (SSSR count). The molecule has 2 fully saturated rings. The van der Waals surface area contributed by atoms with Crippen LogP contribution in [0, 0.1) is 5.41 Å². The van der Waals surface area contributed by atoms with E-state index in [2.05, 4.69) is 22.2 Å². The van der Waals surface area contributed by atoms with Gasteiger partial charge >= 0.3 is 6.03 Å². The number of hydrogen-bond donors (Lipinski definition) is 1. The van der Waals surface area contributed by atoms with E-state index in [0.29, 0.717) is 13.1 Å². The monoisotopic (exact) mass is 374 g/mol. The third-order valence-corrected chi connectivity index (χ3v) is 6.22. The molecule has 1 saturated carbocycles. The van der Waals surface area contributed by atoms with E-state index < -0.39 is 0 Å². The Morgan fingerprint density at radius 3 is 2.59 bits per heavy atom. The zero-order valence-electron chi connectivity index (χ0n) is 16.8. The molecule has 150 valence electrons. The van der Waals surface area contributed by atoms with E-state index in [1.807, 2.05) is 17.0 Å². The van der Waals surface area contributed by atoms with E-state index in [4.69, 9.17) is 4.74 Å². The fourth-order valence-electron chi connectivity index (χ4n) is 4.53. The van der Waals surface area contributed by atoms with Crippen LogP contribution in [0.15, 0.2) is 24.5 Å². The highest BCUT2D eigenvalue weighted by Gasteiger charge is 2.35. The Balaban J connectivity index is 1.66. The smallest absolute Gasteiger partial charge is 0.317 e. The third-order valence-electron chi connectivity index (χ3n) is 6.22. The van der Waals surface area contributed by atoms with Crippen LogP contribution in [0.1, 0.15) is 44.1 Å². The number of methoxy groups -OCH3 is 1. The second kappa shape index (κ2) is 9.51. The van der Waals surface area contributed by atoms with Gasteiger partial charge in [-0.3, -0.25) is 4.98 Å². The van der Waals surface area contributed by atoms with Gasteiger partial charge in [-0.2, -0.15) is 0 Å². The largest absolute Gasteiger partial charge is 0.384 e. The van der Waals surface area contributed by atoms with Gasteiger partial charge in [0.25, 0.3) is 0 Å². The van der Waals surface area contributed by atoms with Crippen LogP contribution in [0.4, 0.5) is 4.79 Å². The zero-order valence-corrected chi connectivity index (χ0v) is 16.8. The van der Waals surface area contributed by atoms with Crippen molar-refractivity contribution in [3.05, 3.63) is 30.1 Å². The molecule has 27 heavy (non-hydrogen) atoms. The van der Waals surface area contributed by atoms with Crippen molar-refractivity contribution in [2.75, 3.05) is 40.4 Å². The van der Waals surface area contributed by atoms with Crippen molar-refractivity contribution in [2.24, 2.45) is 5.41 Å². The number of pyridine rings is 1. The number of ether oxygens (including phenoxy) is 1. The van der Waals surface area contributed by atoms with E-state index in [1.165, 1.54) is 12.8 Å². The molecule has 1 aliphatic carbocycles. The molecule has 1 saturated heterocycles. The first kappa shape index (κ1) is 20.1. The first-order valence-electron chi connectivity index (χ1n) is 10.2. The van der Waals surface area contributed by atoms with Gasteiger partial charge in [0.05, 0.1) is 6.61 Å². The number of urea groups is 1. The maximum absolute atomic E-state index is 13.2. The molecule has 2 heterocycles. The van der Waals surface area contributed by atoms with Crippen molar-refractivity contribution in [3.8, 4) is 0 Å². The van der Waals surface area contributed by atoms with Crippen molar-refractivity contribution in [3.63, 3.8) is 0 Å². The number of amides is 2. The van der Waals surface area contributed by atoms with E-state index in [9.17, 15) is 4.79 Å². The molecule has 1 aliphatic heterocycles. The summed E-state index contributed by atoms with van der Waals surface area (Å²) in [4.78, 5) is 21.7. The van der Waals surface area contributed by atoms with Crippen LogP contribution in [0.2, 0.25) is 0 Å². The molecule has 6 nitrogen and oxygen atoms in total. The zero-order chi connectivity index (χ0) is 19.1. The summed E-state index contributed by atoms with van der Waals surface area (Å²) in [6, 6.07) is 4.34. The minimum Gasteiger partial charge on any atom is -0.384 e. The molecule has 1 aromatic heterocycles. The lowest BCUT2D eigenvalue weighted by molar-refractivity contribution is 0.0793. The molecular formula is C21H34N4O2. The van der Waals surface area contributed by atoms with E-state index in [0.717, 1.165) is 50.9 Å². The molecule has 1 N–H and O–H groups in total. The number of piperidine rings is 1. The second-order valence-corrected chi connectivity index (χ2v) is 8.32. The van der Waals surface area contributed by atoms with Gasteiger partial charge in [-0.05, 0) is 63.5 Å². The van der Waals surface area contributed by atoms with Gasteiger partial charge in [0.15, 0.2) is 0 Å². The van der Waals surface area contributed by atoms with Crippen molar-refractivity contribution in [1.29, 1.82) is 0 Å². The van der Waals surface area contributed by atoms with Crippen LogP contribution in [-0.4, -0.2) is 67.3 Å². The van der Waals surface area contributed by atoms with Crippen molar-refractivity contribution < 1.29 is 9.53 Å². The van der Waals surface area contributed by atoms with Crippen LogP contribution in [-0.2, 0) is 11.3 Å². The molecule has 0 radical (unpaired) electrons. The Morgan fingerprint density at radius 2 is 1.96 bits per heavy atom. The van der Waals surface area contributed by atoms with Crippen LogP contribution in [0.25, 0.3) is 0 Å². The summed E-state index contributed by atoms with van der Waals surface area (Å²) in [6.45, 7) is 4.15. The Bertz CT molecular complexity index is 581. The number of nitrogens with zero attached hydrogens (tertiary/aromatic N) is 3. The van der Waals surface area contributed by atoms with Crippen LogP contribution in [0.5, 0.6) is 0 Å². The molecule has 0 spiro atoms. The summed E-state index contributed by atoms with van der Waals surface area (Å²) < 4.78 is 5.47. The van der Waals surface area contributed by atoms with Crippen molar-refractivity contribution in [2.45, 2.75) is 51.1 Å². The molecule has 0 aromatic carbocycles. The second-order valence-electron chi connectivity index (χ2n) is 8.32.